The largest absolute Gasteiger partial charge is 0.355 e. The van der Waals surface area contributed by atoms with Gasteiger partial charge in [0, 0.05) is 30.7 Å². The van der Waals surface area contributed by atoms with Crippen molar-refractivity contribution in [2.24, 2.45) is 0 Å². The van der Waals surface area contributed by atoms with Crippen LogP contribution in [-0.2, 0) is 0 Å². The number of carbonyl (C=O) groups excluding carboxylic acids is 1. The van der Waals surface area contributed by atoms with Crippen LogP contribution in [0.3, 0.4) is 0 Å². The topological polar surface area (TPSA) is 45.2 Å². The number of benzene rings is 1. The van der Waals surface area contributed by atoms with Crippen molar-refractivity contribution >= 4 is 17.3 Å². The van der Waals surface area contributed by atoms with Gasteiger partial charge in [-0.05, 0) is 50.5 Å². The summed E-state index contributed by atoms with van der Waals surface area (Å²) < 4.78 is 0. The molecule has 4 nitrogen and oxygen atoms in total. The zero-order valence-corrected chi connectivity index (χ0v) is 15.1. The first-order valence-corrected chi connectivity index (χ1v) is 8.64. The minimum absolute atomic E-state index is 0.00276. The molecular formula is C20H27N3O. The van der Waals surface area contributed by atoms with Crippen molar-refractivity contribution in [3.63, 3.8) is 0 Å². The third-order valence-corrected chi connectivity index (χ3v) is 3.91. The predicted octanol–water partition coefficient (Wildman–Crippen LogP) is 4.70. The van der Waals surface area contributed by atoms with Crippen molar-refractivity contribution < 1.29 is 4.79 Å². The number of nitrogens with zero attached hydrogens (tertiary/aromatic N) is 2. The molecule has 24 heavy (non-hydrogen) atoms. The molecule has 0 aliphatic rings. The molecule has 0 saturated carbocycles. The highest BCUT2D eigenvalue weighted by atomic mass is 16.2. The first kappa shape index (κ1) is 18.0. The van der Waals surface area contributed by atoms with E-state index in [4.69, 9.17) is 0 Å². The molecule has 1 aromatic heterocycles. The average molecular weight is 325 g/mol. The van der Waals surface area contributed by atoms with Crippen LogP contribution in [0.25, 0.3) is 0 Å². The Labute approximate surface area is 144 Å². The van der Waals surface area contributed by atoms with E-state index in [9.17, 15) is 4.79 Å². The minimum atomic E-state index is 0.00276. The molecule has 0 atom stereocenters. The summed E-state index contributed by atoms with van der Waals surface area (Å²) in [5.74, 6) is 0.00276. The first-order chi connectivity index (χ1) is 11.5. The molecule has 0 spiro atoms. The Morgan fingerprint density at radius 3 is 2.42 bits per heavy atom. The van der Waals surface area contributed by atoms with Crippen molar-refractivity contribution in [3.8, 4) is 0 Å². The summed E-state index contributed by atoms with van der Waals surface area (Å²) in [7, 11) is 0. The molecule has 2 aromatic rings. The van der Waals surface area contributed by atoms with Crippen LogP contribution in [0.4, 0.5) is 11.4 Å². The minimum Gasteiger partial charge on any atom is -0.355 e. The fraction of sp³-hybridized carbons (Fsp3) is 0.400. The van der Waals surface area contributed by atoms with Gasteiger partial charge in [0.25, 0.3) is 5.91 Å². The molecule has 0 bridgehead atoms. The fourth-order valence-electron chi connectivity index (χ4n) is 2.75. The first-order valence-electron chi connectivity index (χ1n) is 8.64. The number of rotatable bonds is 7. The molecule has 1 heterocycles. The molecule has 0 fully saturated rings. The van der Waals surface area contributed by atoms with Crippen LogP contribution in [-0.4, -0.2) is 28.9 Å². The molecule has 0 aliphatic carbocycles. The summed E-state index contributed by atoms with van der Waals surface area (Å²) in [5.41, 5.74) is 4.83. The van der Waals surface area contributed by atoms with Gasteiger partial charge in [0.1, 0.15) is 5.69 Å². The predicted molar refractivity (Wildman–Crippen MR) is 99.9 cm³/mol. The van der Waals surface area contributed by atoms with Crippen molar-refractivity contribution in [3.05, 3.63) is 53.3 Å². The molecule has 0 saturated heterocycles. The Balaban J connectivity index is 2.20. The number of anilines is 2. The second-order valence-electron chi connectivity index (χ2n) is 6.17. The van der Waals surface area contributed by atoms with Gasteiger partial charge < -0.3 is 10.2 Å². The van der Waals surface area contributed by atoms with Crippen LogP contribution in [0.5, 0.6) is 0 Å². The van der Waals surface area contributed by atoms with Gasteiger partial charge in [-0.15, -0.1) is 0 Å². The number of aromatic nitrogens is 1. The van der Waals surface area contributed by atoms with Crippen LogP contribution in [0.15, 0.2) is 36.5 Å². The van der Waals surface area contributed by atoms with E-state index >= 15 is 0 Å². The lowest BCUT2D eigenvalue weighted by Crippen LogP contribution is -2.33. The zero-order chi connectivity index (χ0) is 17.5. The Kier molecular flexibility index (Phi) is 6.36. The third kappa shape index (κ3) is 4.57. The van der Waals surface area contributed by atoms with Crippen molar-refractivity contribution in [1.82, 2.24) is 9.88 Å². The number of pyridine rings is 1. The number of nitrogens with one attached hydrogen (secondary N) is 1. The summed E-state index contributed by atoms with van der Waals surface area (Å²) in [6, 6.07) is 10.00. The highest BCUT2D eigenvalue weighted by Crippen LogP contribution is 2.22. The van der Waals surface area contributed by atoms with Crippen LogP contribution < -0.4 is 5.32 Å². The maximum Gasteiger partial charge on any atom is 0.272 e. The molecule has 0 unspecified atom stereocenters. The van der Waals surface area contributed by atoms with E-state index in [2.05, 4.69) is 56.2 Å². The maximum atomic E-state index is 12.7. The normalized spacial score (nSPS) is 10.5. The Hall–Kier alpha value is -2.36. The third-order valence-electron chi connectivity index (χ3n) is 3.91. The standard InChI is InChI=1S/C20H27N3O/c1-5-11-23(12-6-2)20(24)19-14-17(9-10-21-19)22-18-8-7-15(3)13-16(18)4/h7-10,13-14H,5-6,11-12H2,1-4H3,(H,21,22). The molecular weight excluding hydrogens is 298 g/mol. The van der Waals surface area contributed by atoms with Crippen LogP contribution in [0.1, 0.15) is 48.3 Å². The van der Waals surface area contributed by atoms with Crippen LogP contribution in [0.2, 0.25) is 0 Å². The molecule has 1 aromatic carbocycles. The van der Waals surface area contributed by atoms with E-state index in [1.54, 1.807) is 6.20 Å². The molecule has 2 rings (SSSR count). The molecule has 1 amide bonds. The number of carbonyl (C=O) groups is 1. The number of hydrogen-bond acceptors (Lipinski definition) is 3. The van der Waals surface area contributed by atoms with E-state index in [1.807, 2.05) is 17.0 Å². The fourth-order valence-corrected chi connectivity index (χ4v) is 2.75. The van der Waals surface area contributed by atoms with Crippen molar-refractivity contribution in [1.29, 1.82) is 0 Å². The van der Waals surface area contributed by atoms with E-state index in [0.29, 0.717) is 5.69 Å². The lowest BCUT2D eigenvalue weighted by atomic mass is 10.1. The SMILES string of the molecule is CCCN(CCC)C(=O)c1cc(Nc2ccc(C)cc2C)ccn1. The monoisotopic (exact) mass is 325 g/mol. The van der Waals surface area contributed by atoms with Gasteiger partial charge in [-0.25, -0.2) is 0 Å². The Morgan fingerprint density at radius 2 is 1.79 bits per heavy atom. The average Bonchev–Trinajstić information content (AvgIpc) is 2.57. The number of amides is 1. The van der Waals surface area contributed by atoms with Gasteiger partial charge in [0.05, 0.1) is 0 Å². The molecule has 128 valence electrons. The Morgan fingerprint density at radius 1 is 1.08 bits per heavy atom. The number of hydrogen-bond donors (Lipinski definition) is 1. The molecule has 0 radical (unpaired) electrons. The quantitative estimate of drug-likeness (QED) is 0.802. The maximum absolute atomic E-state index is 12.7. The summed E-state index contributed by atoms with van der Waals surface area (Å²) in [5, 5.41) is 3.39. The summed E-state index contributed by atoms with van der Waals surface area (Å²) in [4.78, 5) is 18.8. The smallest absolute Gasteiger partial charge is 0.272 e. The second kappa shape index (κ2) is 8.48. The van der Waals surface area contributed by atoms with Crippen molar-refractivity contribution in [2.75, 3.05) is 18.4 Å². The van der Waals surface area contributed by atoms with E-state index < -0.39 is 0 Å². The van der Waals surface area contributed by atoms with E-state index in [0.717, 1.165) is 37.3 Å². The van der Waals surface area contributed by atoms with E-state index in [1.165, 1.54) is 11.1 Å². The molecule has 4 heteroatoms. The van der Waals surface area contributed by atoms with Crippen LogP contribution >= 0.6 is 0 Å². The van der Waals surface area contributed by atoms with Gasteiger partial charge in [-0.2, -0.15) is 0 Å². The zero-order valence-electron chi connectivity index (χ0n) is 15.1. The highest BCUT2D eigenvalue weighted by Gasteiger charge is 2.16. The van der Waals surface area contributed by atoms with Crippen molar-refractivity contribution in [2.45, 2.75) is 40.5 Å². The van der Waals surface area contributed by atoms with E-state index in [-0.39, 0.29) is 5.91 Å². The summed E-state index contributed by atoms with van der Waals surface area (Å²) in [6.45, 7) is 9.86. The summed E-state index contributed by atoms with van der Waals surface area (Å²) in [6.07, 6.45) is 3.59. The lowest BCUT2D eigenvalue weighted by Gasteiger charge is -2.21. The van der Waals surface area contributed by atoms with Gasteiger partial charge in [-0.3, -0.25) is 9.78 Å². The lowest BCUT2D eigenvalue weighted by molar-refractivity contribution is 0.0749. The molecule has 1 N–H and O–H groups in total. The second-order valence-corrected chi connectivity index (χ2v) is 6.17. The van der Waals surface area contributed by atoms with Crippen LogP contribution in [0, 0.1) is 13.8 Å². The van der Waals surface area contributed by atoms with Gasteiger partial charge in [0.15, 0.2) is 0 Å². The highest BCUT2D eigenvalue weighted by molar-refractivity contribution is 5.93. The molecule has 0 aliphatic heterocycles. The number of aryl methyl sites for hydroxylation is 2. The Bertz CT molecular complexity index is 691. The van der Waals surface area contributed by atoms with Gasteiger partial charge in [-0.1, -0.05) is 31.5 Å². The van der Waals surface area contributed by atoms with Gasteiger partial charge in [0.2, 0.25) is 0 Å². The summed E-state index contributed by atoms with van der Waals surface area (Å²) >= 11 is 0. The van der Waals surface area contributed by atoms with Gasteiger partial charge >= 0.3 is 0 Å².